The van der Waals surface area contributed by atoms with Gasteiger partial charge in [0, 0.05) is 13.0 Å². The van der Waals surface area contributed by atoms with Crippen molar-refractivity contribution < 1.29 is 4.79 Å². The fraction of sp³-hybridized carbons (Fsp3) is 0.933. The predicted octanol–water partition coefficient (Wildman–Crippen LogP) is 2.84. The van der Waals surface area contributed by atoms with E-state index in [4.69, 9.17) is 5.73 Å². The lowest BCUT2D eigenvalue weighted by Crippen LogP contribution is -2.27. The van der Waals surface area contributed by atoms with Gasteiger partial charge in [-0.3, -0.25) is 4.79 Å². The molecule has 1 saturated carbocycles. The van der Waals surface area contributed by atoms with Gasteiger partial charge in [-0.15, -0.1) is 0 Å². The average molecular weight is 254 g/mol. The van der Waals surface area contributed by atoms with Crippen molar-refractivity contribution in [1.82, 2.24) is 5.32 Å². The van der Waals surface area contributed by atoms with Gasteiger partial charge in [-0.1, -0.05) is 32.6 Å². The minimum Gasteiger partial charge on any atom is -0.356 e. The summed E-state index contributed by atoms with van der Waals surface area (Å²) in [5, 5.41) is 3.05. The summed E-state index contributed by atoms with van der Waals surface area (Å²) in [7, 11) is 0. The van der Waals surface area contributed by atoms with E-state index in [9.17, 15) is 4.79 Å². The molecule has 3 heteroatoms. The standard InChI is InChI=1S/C15H30N2O/c1-13(12-16)7-6-10-17-15(18)11-14-8-4-2-3-5-9-14/h13-14H,2-12,16H2,1H3,(H,17,18). The Bertz CT molecular complexity index is 223. The van der Waals surface area contributed by atoms with E-state index < -0.39 is 0 Å². The van der Waals surface area contributed by atoms with Crippen LogP contribution in [0.15, 0.2) is 0 Å². The summed E-state index contributed by atoms with van der Waals surface area (Å²) in [6.45, 7) is 3.72. The van der Waals surface area contributed by atoms with E-state index in [0.717, 1.165) is 32.4 Å². The lowest BCUT2D eigenvalue weighted by atomic mass is 9.96. The minimum atomic E-state index is 0.252. The molecule has 106 valence electrons. The second-order valence-corrected chi connectivity index (χ2v) is 5.89. The van der Waals surface area contributed by atoms with Crippen LogP contribution in [-0.4, -0.2) is 19.0 Å². The zero-order valence-corrected chi connectivity index (χ0v) is 11.9. The van der Waals surface area contributed by atoms with Gasteiger partial charge >= 0.3 is 0 Å². The summed E-state index contributed by atoms with van der Waals surface area (Å²) < 4.78 is 0. The van der Waals surface area contributed by atoms with Gasteiger partial charge in [0.2, 0.25) is 5.91 Å². The number of amides is 1. The van der Waals surface area contributed by atoms with E-state index >= 15 is 0 Å². The third-order valence-electron chi connectivity index (χ3n) is 4.05. The molecule has 1 aliphatic rings. The Kier molecular flexibility index (Phi) is 8.06. The van der Waals surface area contributed by atoms with Crippen LogP contribution < -0.4 is 11.1 Å². The SMILES string of the molecule is CC(CN)CCCNC(=O)CC1CCCCCC1. The fourth-order valence-electron chi connectivity index (χ4n) is 2.70. The van der Waals surface area contributed by atoms with E-state index in [1.54, 1.807) is 0 Å². The topological polar surface area (TPSA) is 55.1 Å². The van der Waals surface area contributed by atoms with Gasteiger partial charge in [0.1, 0.15) is 0 Å². The molecule has 18 heavy (non-hydrogen) atoms. The minimum absolute atomic E-state index is 0.252. The van der Waals surface area contributed by atoms with Crippen molar-refractivity contribution in [3.8, 4) is 0 Å². The van der Waals surface area contributed by atoms with Gasteiger partial charge in [-0.2, -0.15) is 0 Å². The molecule has 0 radical (unpaired) electrons. The first-order valence-corrected chi connectivity index (χ1v) is 7.69. The van der Waals surface area contributed by atoms with Crippen LogP contribution >= 0.6 is 0 Å². The first kappa shape index (κ1) is 15.5. The molecular weight excluding hydrogens is 224 g/mol. The van der Waals surface area contributed by atoms with Crippen LogP contribution in [0.4, 0.5) is 0 Å². The van der Waals surface area contributed by atoms with Crippen LogP contribution in [0.2, 0.25) is 0 Å². The van der Waals surface area contributed by atoms with Crippen LogP contribution in [0.1, 0.15) is 64.7 Å². The van der Waals surface area contributed by atoms with Crippen molar-refractivity contribution in [2.75, 3.05) is 13.1 Å². The Balaban J connectivity index is 2.05. The summed E-state index contributed by atoms with van der Waals surface area (Å²) in [6, 6.07) is 0. The van der Waals surface area contributed by atoms with Gasteiger partial charge in [-0.05, 0) is 44.1 Å². The van der Waals surface area contributed by atoms with Crippen molar-refractivity contribution in [3.05, 3.63) is 0 Å². The highest BCUT2D eigenvalue weighted by Gasteiger charge is 2.15. The first-order chi connectivity index (χ1) is 8.72. The molecule has 0 heterocycles. The number of carbonyl (C=O) groups is 1. The summed E-state index contributed by atoms with van der Waals surface area (Å²) in [5.41, 5.74) is 5.57. The van der Waals surface area contributed by atoms with E-state index in [0.29, 0.717) is 11.8 Å². The molecule has 3 nitrogen and oxygen atoms in total. The molecule has 0 aromatic carbocycles. The van der Waals surface area contributed by atoms with Gasteiger partial charge in [-0.25, -0.2) is 0 Å². The van der Waals surface area contributed by atoms with Crippen LogP contribution in [0.5, 0.6) is 0 Å². The molecule has 0 saturated heterocycles. The largest absolute Gasteiger partial charge is 0.356 e. The molecule has 1 unspecified atom stereocenters. The van der Waals surface area contributed by atoms with Crippen LogP contribution in [-0.2, 0) is 4.79 Å². The Morgan fingerprint density at radius 1 is 1.28 bits per heavy atom. The second-order valence-electron chi connectivity index (χ2n) is 5.89. The molecule has 0 aromatic heterocycles. The Labute approximate surface area is 112 Å². The molecule has 0 aliphatic heterocycles. The number of nitrogens with two attached hydrogens (primary N) is 1. The molecule has 0 bridgehead atoms. The monoisotopic (exact) mass is 254 g/mol. The first-order valence-electron chi connectivity index (χ1n) is 7.69. The summed E-state index contributed by atoms with van der Waals surface area (Å²) >= 11 is 0. The highest BCUT2D eigenvalue weighted by molar-refractivity contribution is 5.76. The zero-order chi connectivity index (χ0) is 13.2. The molecule has 1 aliphatic carbocycles. The predicted molar refractivity (Wildman–Crippen MR) is 76.3 cm³/mol. The quantitative estimate of drug-likeness (QED) is 0.542. The Hall–Kier alpha value is -0.570. The number of carbonyl (C=O) groups excluding carboxylic acids is 1. The van der Waals surface area contributed by atoms with Gasteiger partial charge in [0.05, 0.1) is 0 Å². The average Bonchev–Trinajstić information content (AvgIpc) is 2.63. The molecule has 1 amide bonds. The number of nitrogens with one attached hydrogen (secondary N) is 1. The summed E-state index contributed by atoms with van der Waals surface area (Å²) in [5.74, 6) is 1.46. The van der Waals surface area contributed by atoms with Crippen LogP contribution in [0.25, 0.3) is 0 Å². The van der Waals surface area contributed by atoms with Crippen molar-refractivity contribution in [2.45, 2.75) is 64.7 Å². The zero-order valence-electron chi connectivity index (χ0n) is 11.9. The molecule has 0 spiro atoms. The number of rotatable bonds is 7. The lowest BCUT2D eigenvalue weighted by Gasteiger charge is -2.14. The third kappa shape index (κ3) is 7.00. The maximum absolute atomic E-state index is 11.8. The molecule has 1 atom stereocenters. The highest BCUT2D eigenvalue weighted by Crippen LogP contribution is 2.25. The van der Waals surface area contributed by atoms with Crippen molar-refractivity contribution in [2.24, 2.45) is 17.6 Å². The Morgan fingerprint density at radius 3 is 2.56 bits per heavy atom. The molecule has 1 rings (SSSR count). The van der Waals surface area contributed by atoms with Gasteiger partial charge < -0.3 is 11.1 Å². The summed E-state index contributed by atoms with van der Waals surface area (Å²) in [6.07, 6.45) is 10.7. The van der Waals surface area contributed by atoms with Crippen molar-refractivity contribution in [1.29, 1.82) is 0 Å². The van der Waals surface area contributed by atoms with Crippen molar-refractivity contribution in [3.63, 3.8) is 0 Å². The number of hydrogen-bond donors (Lipinski definition) is 2. The van der Waals surface area contributed by atoms with Crippen LogP contribution in [0.3, 0.4) is 0 Å². The second kappa shape index (κ2) is 9.37. The molecule has 3 N–H and O–H groups in total. The maximum Gasteiger partial charge on any atom is 0.220 e. The Morgan fingerprint density at radius 2 is 1.94 bits per heavy atom. The van der Waals surface area contributed by atoms with Crippen LogP contribution in [0, 0.1) is 11.8 Å². The molecule has 0 aromatic rings. The van der Waals surface area contributed by atoms with Gasteiger partial charge in [0.25, 0.3) is 0 Å². The molecular formula is C15H30N2O. The highest BCUT2D eigenvalue weighted by atomic mass is 16.1. The summed E-state index contributed by atoms with van der Waals surface area (Å²) in [4.78, 5) is 11.8. The normalized spacial score (nSPS) is 19.2. The third-order valence-corrected chi connectivity index (χ3v) is 4.05. The van der Waals surface area contributed by atoms with E-state index in [-0.39, 0.29) is 5.91 Å². The van der Waals surface area contributed by atoms with E-state index in [2.05, 4.69) is 12.2 Å². The molecule has 1 fully saturated rings. The number of hydrogen-bond acceptors (Lipinski definition) is 2. The maximum atomic E-state index is 11.8. The smallest absolute Gasteiger partial charge is 0.220 e. The van der Waals surface area contributed by atoms with Gasteiger partial charge in [0.15, 0.2) is 0 Å². The van der Waals surface area contributed by atoms with E-state index in [1.165, 1.54) is 38.5 Å². The lowest BCUT2D eigenvalue weighted by molar-refractivity contribution is -0.122. The van der Waals surface area contributed by atoms with E-state index in [1.807, 2.05) is 0 Å². The fourth-order valence-corrected chi connectivity index (χ4v) is 2.70. The van der Waals surface area contributed by atoms with Crippen molar-refractivity contribution >= 4 is 5.91 Å².